The molecule has 1 rings (SSSR count). The van der Waals surface area contributed by atoms with Crippen molar-refractivity contribution in [2.24, 2.45) is 5.90 Å². The van der Waals surface area contributed by atoms with Gasteiger partial charge in [-0.05, 0) is 6.07 Å². The zero-order valence-corrected chi connectivity index (χ0v) is 7.66. The van der Waals surface area contributed by atoms with Gasteiger partial charge in [-0.1, -0.05) is 0 Å². The van der Waals surface area contributed by atoms with E-state index >= 15 is 0 Å². The summed E-state index contributed by atoms with van der Waals surface area (Å²) in [4.78, 5) is 22.3. The maximum absolute atomic E-state index is 10.6. The number of carbonyl (C=O) groups excluding carboxylic acids is 1. The topological polar surface area (TPSA) is 78.1 Å². The summed E-state index contributed by atoms with van der Waals surface area (Å²) in [7, 11) is 0. The highest BCUT2D eigenvalue weighted by Crippen LogP contribution is 1.96. The average Bonchev–Trinajstić information content (AvgIpc) is 2.16. The Bertz CT molecular complexity index is 255. The van der Waals surface area contributed by atoms with E-state index in [0.29, 0.717) is 6.42 Å². The fourth-order valence-electron chi connectivity index (χ4n) is 0.755. The van der Waals surface area contributed by atoms with E-state index in [4.69, 9.17) is 0 Å². The first-order chi connectivity index (χ1) is 5.83. The quantitative estimate of drug-likeness (QED) is 0.713. The minimum absolute atomic E-state index is 0. The van der Waals surface area contributed by atoms with Crippen LogP contribution >= 0.6 is 12.4 Å². The van der Waals surface area contributed by atoms with Crippen LogP contribution in [0.5, 0.6) is 0 Å². The van der Waals surface area contributed by atoms with Crippen LogP contribution in [0.2, 0.25) is 0 Å². The summed E-state index contributed by atoms with van der Waals surface area (Å²) < 4.78 is 0. The van der Waals surface area contributed by atoms with Gasteiger partial charge in [-0.15, -0.1) is 12.4 Å². The largest absolute Gasteiger partial charge is 0.373 e. The highest BCUT2D eigenvalue weighted by Gasteiger charge is 2.01. The first kappa shape index (κ1) is 11.8. The van der Waals surface area contributed by atoms with Crippen LogP contribution in [0, 0.1) is 0 Å². The Kier molecular flexibility index (Phi) is 5.75. The molecule has 5 nitrogen and oxygen atoms in total. The van der Waals surface area contributed by atoms with Crippen molar-refractivity contribution in [1.82, 2.24) is 9.97 Å². The molecule has 1 heterocycles. The Hall–Kier alpha value is -1.20. The van der Waals surface area contributed by atoms with Gasteiger partial charge in [0.15, 0.2) is 0 Å². The van der Waals surface area contributed by atoms with E-state index in [-0.39, 0.29) is 18.8 Å². The van der Waals surface area contributed by atoms with Crippen LogP contribution in [-0.4, -0.2) is 15.9 Å². The van der Waals surface area contributed by atoms with E-state index < -0.39 is 5.97 Å². The van der Waals surface area contributed by atoms with E-state index in [9.17, 15) is 4.79 Å². The van der Waals surface area contributed by atoms with Crippen molar-refractivity contribution >= 4 is 18.4 Å². The van der Waals surface area contributed by atoms with Gasteiger partial charge in [0.25, 0.3) is 0 Å². The number of halogens is 1. The molecule has 0 aliphatic carbocycles. The minimum Gasteiger partial charge on any atom is -0.373 e. The summed E-state index contributed by atoms with van der Waals surface area (Å²) >= 11 is 0. The van der Waals surface area contributed by atoms with E-state index in [2.05, 4.69) is 20.7 Å². The predicted molar refractivity (Wildman–Crippen MR) is 47.9 cm³/mol. The van der Waals surface area contributed by atoms with Crippen LogP contribution in [0.1, 0.15) is 12.1 Å². The molecule has 0 saturated carbocycles. The molecular formula is C7H10ClN3O2. The lowest BCUT2D eigenvalue weighted by Gasteiger charge is -1.96. The smallest absolute Gasteiger partial charge is 0.324 e. The fraction of sp³-hybridized carbons (Fsp3) is 0.286. The summed E-state index contributed by atoms with van der Waals surface area (Å²) in [6, 6.07) is 1.74. The maximum atomic E-state index is 10.6. The van der Waals surface area contributed by atoms with E-state index in [1.165, 1.54) is 6.33 Å². The molecule has 0 saturated heterocycles. The van der Waals surface area contributed by atoms with Crippen LogP contribution in [-0.2, 0) is 16.1 Å². The van der Waals surface area contributed by atoms with Crippen molar-refractivity contribution in [2.45, 2.75) is 12.8 Å². The average molecular weight is 204 g/mol. The number of hydrogen-bond donors (Lipinski definition) is 1. The molecule has 2 N–H and O–H groups in total. The van der Waals surface area contributed by atoms with Gasteiger partial charge in [-0.2, -0.15) is 5.90 Å². The van der Waals surface area contributed by atoms with Gasteiger partial charge in [-0.3, -0.25) is 4.79 Å². The van der Waals surface area contributed by atoms with Crippen LogP contribution in [0.3, 0.4) is 0 Å². The molecule has 72 valence electrons. The molecule has 0 radical (unpaired) electrons. The minimum atomic E-state index is -0.436. The van der Waals surface area contributed by atoms with Crippen molar-refractivity contribution in [1.29, 1.82) is 0 Å². The summed E-state index contributed by atoms with van der Waals surface area (Å²) in [5.41, 5.74) is 0.801. The third kappa shape index (κ3) is 4.39. The second-order valence-corrected chi connectivity index (χ2v) is 2.19. The molecule has 0 aliphatic rings. The Labute approximate surface area is 81.7 Å². The zero-order chi connectivity index (χ0) is 8.81. The highest BCUT2D eigenvalue weighted by atomic mass is 35.5. The first-order valence-electron chi connectivity index (χ1n) is 3.47. The molecule has 1 aromatic rings. The molecule has 13 heavy (non-hydrogen) atoms. The Balaban J connectivity index is 0.00000144. The Morgan fingerprint density at radius 2 is 2.38 bits per heavy atom. The Morgan fingerprint density at radius 3 is 2.92 bits per heavy atom. The summed E-state index contributed by atoms with van der Waals surface area (Å²) in [6.07, 6.45) is 3.82. The van der Waals surface area contributed by atoms with Crippen LogP contribution < -0.4 is 5.90 Å². The number of aromatic nitrogens is 2. The Morgan fingerprint density at radius 1 is 1.62 bits per heavy atom. The van der Waals surface area contributed by atoms with Crippen LogP contribution in [0.25, 0.3) is 0 Å². The second-order valence-electron chi connectivity index (χ2n) is 2.19. The van der Waals surface area contributed by atoms with Gasteiger partial charge >= 0.3 is 5.97 Å². The summed E-state index contributed by atoms with van der Waals surface area (Å²) in [5, 5.41) is 0. The SMILES string of the molecule is Cl.NOC(=O)CCc1ccncn1. The molecule has 0 amide bonds. The molecule has 6 heteroatoms. The van der Waals surface area contributed by atoms with Gasteiger partial charge in [0.05, 0.1) is 6.42 Å². The molecule has 0 bridgehead atoms. The van der Waals surface area contributed by atoms with Crippen molar-refractivity contribution in [2.75, 3.05) is 0 Å². The lowest BCUT2D eigenvalue weighted by Crippen LogP contribution is -2.10. The van der Waals surface area contributed by atoms with Gasteiger partial charge < -0.3 is 4.84 Å². The van der Waals surface area contributed by atoms with Crippen LogP contribution in [0.15, 0.2) is 18.6 Å². The number of nitrogens with two attached hydrogens (primary N) is 1. The number of aryl methyl sites for hydroxylation is 1. The second kappa shape index (κ2) is 6.33. The molecule has 0 fully saturated rings. The van der Waals surface area contributed by atoms with E-state index in [1.807, 2.05) is 0 Å². The standard InChI is InChI=1S/C7H9N3O2.ClH/c8-12-7(11)2-1-6-3-4-9-5-10-6;/h3-5H,1-2,8H2;1H. The first-order valence-corrected chi connectivity index (χ1v) is 3.47. The third-order valence-corrected chi connectivity index (χ3v) is 1.36. The van der Waals surface area contributed by atoms with Gasteiger partial charge in [-0.25, -0.2) is 9.97 Å². The number of carbonyl (C=O) groups is 1. The maximum Gasteiger partial charge on any atom is 0.324 e. The van der Waals surface area contributed by atoms with E-state index in [0.717, 1.165) is 5.69 Å². The predicted octanol–water partition coefficient (Wildman–Crippen LogP) is 0.248. The summed E-state index contributed by atoms with van der Waals surface area (Å²) in [5.74, 6) is 4.22. The van der Waals surface area contributed by atoms with Crippen molar-refractivity contribution in [3.05, 3.63) is 24.3 Å². The molecule has 0 spiro atoms. The third-order valence-electron chi connectivity index (χ3n) is 1.36. The van der Waals surface area contributed by atoms with Gasteiger partial charge in [0.1, 0.15) is 6.33 Å². The van der Waals surface area contributed by atoms with E-state index in [1.54, 1.807) is 12.3 Å². The van der Waals surface area contributed by atoms with Crippen molar-refractivity contribution in [3.8, 4) is 0 Å². The molecule has 1 aromatic heterocycles. The molecule has 0 atom stereocenters. The zero-order valence-electron chi connectivity index (χ0n) is 6.84. The number of nitrogens with zero attached hydrogens (tertiary/aromatic N) is 2. The highest BCUT2D eigenvalue weighted by molar-refractivity contribution is 5.85. The molecule has 0 unspecified atom stereocenters. The van der Waals surface area contributed by atoms with Gasteiger partial charge in [0.2, 0.25) is 0 Å². The van der Waals surface area contributed by atoms with Crippen LogP contribution in [0.4, 0.5) is 0 Å². The fourth-order valence-corrected chi connectivity index (χ4v) is 0.755. The number of rotatable bonds is 3. The lowest BCUT2D eigenvalue weighted by atomic mass is 10.2. The van der Waals surface area contributed by atoms with Gasteiger partial charge in [0, 0.05) is 18.3 Å². The normalized spacial score (nSPS) is 8.69. The molecule has 0 aliphatic heterocycles. The number of hydrogen-bond acceptors (Lipinski definition) is 5. The lowest BCUT2D eigenvalue weighted by molar-refractivity contribution is -0.144. The monoisotopic (exact) mass is 203 g/mol. The van der Waals surface area contributed by atoms with Crippen molar-refractivity contribution < 1.29 is 9.63 Å². The van der Waals surface area contributed by atoms with Crippen molar-refractivity contribution in [3.63, 3.8) is 0 Å². The summed E-state index contributed by atoms with van der Waals surface area (Å²) in [6.45, 7) is 0. The molecular weight excluding hydrogens is 194 g/mol. The molecule has 0 aromatic carbocycles.